The maximum absolute atomic E-state index is 12.1. The first-order chi connectivity index (χ1) is 10.0. The summed E-state index contributed by atoms with van der Waals surface area (Å²) in [6.07, 6.45) is 1.58. The molecule has 1 aromatic carbocycles. The number of nitrogens with zero attached hydrogens (tertiary/aromatic N) is 4. The number of nitrogens with one attached hydrogen (secondary N) is 1. The Morgan fingerprint density at radius 3 is 2.90 bits per heavy atom. The predicted molar refractivity (Wildman–Crippen MR) is 81.1 cm³/mol. The Balaban J connectivity index is 2.02. The lowest BCUT2D eigenvalue weighted by molar-refractivity contribution is -0.115. The molecule has 1 atom stereocenters. The van der Waals surface area contributed by atoms with Crippen molar-refractivity contribution in [1.82, 2.24) is 14.8 Å². The van der Waals surface area contributed by atoms with Crippen molar-refractivity contribution < 1.29 is 4.79 Å². The van der Waals surface area contributed by atoms with Crippen LogP contribution in [0.2, 0.25) is 5.02 Å². The Morgan fingerprint density at radius 1 is 1.57 bits per heavy atom. The van der Waals surface area contributed by atoms with Crippen molar-refractivity contribution in [2.75, 3.05) is 5.32 Å². The molecule has 108 valence electrons. The van der Waals surface area contributed by atoms with E-state index >= 15 is 0 Å². The summed E-state index contributed by atoms with van der Waals surface area (Å²) in [5.74, 6) is -0.177. The topological polar surface area (TPSA) is 83.6 Å². The van der Waals surface area contributed by atoms with Gasteiger partial charge < -0.3 is 9.88 Å². The number of benzene rings is 1. The Morgan fingerprint density at radius 2 is 2.33 bits per heavy atom. The van der Waals surface area contributed by atoms with E-state index in [1.54, 1.807) is 36.0 Å². The lowest BCUT2D eigenvalue weighted by Crippen LogP contribution is -2.22. The number of thioether (sulfide) groups is 1. The first-order valence-corrected chi connectivity index (χ1v) is 7.28. The minimum Gasteiger partial charge on any atom is -0.325 e. The van der Waals surface area contributed by atoms with Crippen LogP contribution in [0.25, 0.3) is 0 Å². The Hall–Kier alpha value is -2.04. The molecule has 0 aliphatic rings. The van der Waals surface area contributed by atoms with E-state index in [1.807, 2.05) is 13.1 Å². The van der Waals surface area contributed by atoms with Gasteiger partial charge in [-0.25, -0.2) is 0 Å². The van der Waals surface area contributed by atoms with Gasteiger partial charge in [0.05, 0.1) is 15.8 Å². The fourth-order valence-corrected chi connectivity index (χ4v) is 2.53. The second kappa shape index (κ2) is 6.61. The number of halogens is 1. The van der Waals surface area contributed by atoms with E-state index in [2.05, 4.69) is 15.5 Å². The third-order valence-corrected chi connectivity index (χ3v) is 4.14. The van der Waals surface area contributed by atoms with Crippen molar-refractivity contribution >= 4 is 35.0 Å². The van der Waals surface area contributed by atoms with Gasteiger partial charge in [-0.05, 0) is 25.1 Å². The van der Waals surface area contributed by atoms with Crippen LogP contribution >= 0.6 is 23.4 Å². The van der Waals surface area contributed by atoms with Crippen LogP contribution in [0, 0.1) is 11.3 Å². The van der Waals surface area contributed by atoms with Crippen LogP contribution in [0.5, 0.6) is 0 Å². The van der Waals surface area contributed by atoms with Crippen LogP contribution in [0.3, 0.4) is 0 Å². The number of hydrogen-bond donors (Lipinski definition) is 1. The van der Waals surface area contributed by atoms with E-state index in [0.717, 1.165) is 0 Å². The molecule has 1 N–H and O–H groups in total. The lowest BCUT2D eigenvalue weighted by atomic mass is 10.2. The summed E-state index contributed by atoms with van der Waals surface area (Å²) < 4.78 is 1.74. The SMILES string of the molecule is C[C@H](Sc1nncn1C)C(=O)Nc1ccc(C#N)c(Cl)c1. The highest BCUT2D eigenvalue weighted by Gasteiger charge is 2.17. The Bertz CT molecular complexity index is 709. The molecule has 0 bridgehead atoms. The second-order valence-electron chi connectivity index (χ2n) is 4.28. The molecule has 8 heteroatoms. The largest absolute Gasteiger partial charge is 0.325 e. The molecule has 21 heavy (non-hydrogen) atoms. The summed E-state index contributed by atoms with van der Waals surface area (Å²) in [6, 6.07) is 6.73. The highest BCUT2D eigenvalue weighted by atomic mass is 35.5. The van der Waals surface area contributed by atoms with Gasteiger partial charge in [0.25, 0.3) is 0 Å². The number of aromatic nitrogens is 3. The van der Waals surface area contributed by atoms with Crippen molar-refractivity contribution in [1.29, 1.82) is 5.26 Å². The third-order valence-electron chi connectivity index (χ3n) is 2.68. The molecule has 1 amide bonds. The first kappa shape index (κ1) is 15.4. The average Bonchev–Trinajstić information content (AvgIpc) is 2.84. The number of amides is 1. The number of anilines is 1. The van der Waals surface area contributed by atoms with Gasteiger partial charge >= 0.3 is 0 Å². The third kappa shape index (κ3) is 3.74. The van der Waals surface area contributed by atoms with E-state index in [1.165, 1.54) is 11.8 Å². The molecule has 0 aliphatic carbocycles. The summed E-state index contributed by atoms with van der Waals surface area (Å²) >= 11 is 7.24. The standard InChI is InChI=1S/C13H12ClN5OS/c1-8(21-13-18-16-7-19(13)2)12(20)17-10-4-3-9(6-15)11(14)5-10/h3-5,7-8H,1-2H3,(H,17,20)/t8-/m0/s1. The molecule has 6 nitrogen and oxygen atoms in total. The maximum Gasteiger partial charge on any atom is 0.237 e. The zero-order valence-corrected chi connectivity index (χ0v) is 12.9. The molecule has 0 fully saturated rings. The van der Waals surface area contributed by atoms with E-state index in [-0.39, 0.29) is 11.2 Å². The van der Waals surface area contributed by atoms with E-state index in [9.17, 15) is 4.79 Å². The summed E-state index contributed by atoms with van der Waals surface area (Å²) in [5, 5.41) is 19.9. The average molecular weight is 322 g/mol. The quantitative estimate of drug-likeness (QED) is 0.874. The summed E-state index contributed by atoms with van der Waals surface area (Å²) in [5.41, 5.74) is 0.922. The predicted octanol–water partition coefficient (Wildman–Crippen LogP) is 2.46. The maximum atomic E-state index is 12.1. The molecule has 0 aliphatic heterocycles. The summed E-state index contributed by atoms with van der Waals surface area (Å²) in [4.78, 5) is 12.1. The van der Waals surface area contributed by atoms with Crippen molar-refractivity contribution in [3.63, 3.8) is 0 Å². The fraction of sp³-hybridized carbons (Fsp3) is 0.231. The normalized spacial score (nSPS) is 11.7. The zero-order chi connectivity index (χ0) is 15.4. The summed E-state index contributed by atoms with van der Waals surface area (Å²) in [7, 11) is 1.81. The van der Waals surface area contributed by atoms with Gasteiger partial charge in [-0.15, -0.1) is 10.2 Å². The number of rotatable bonds is 4. The molecular weight excluding hydrogens is 310 g/mol. The van der Waals surface area contributed by atoms with Crippen LogP contribution < -0.4 is 5.32 Å². The smallest absolute Gasteiger partial charge is 0.237 e. The van der Waals surface area contributed by atoms with Gasteiger partial charge in [0.2, 0.25) is 5.91 Å². The number of nitriles is 1. The molecule has 1 aromatic heterocycles. The highest BCUT2D eigenvalue weighted by Crippen LogP contribution is 2.23. The zero-order valence-electron chi connectivity index (χ0n) is 11.4. The highest BCUT2D eigenvalue weighted by molar-refractivity contribution is 8.00. The molecule has 0 unspecified atom stereocenters. The van der Waals surface area contributed by atoms with Crippen molar-refractivity contribution in [3.8, 4) is 6.07 Å². The van der Waals surface area contributed by atoms with E-state index in [0.29, 0.717) is 21.4 Å². The molecule has 2 aromatic rings. The molecule has 2 rings (SSSR count). The number of aryl methyl sites for hydroxylation is 1. The minimum atomic E-state index is -0.345. The molecular formula is C13H12ClN5OS. The van der Waals surface area contributed by atoms with Gasteiger partial charge in [-0.3, -0.25) is 4.79 Å². The monoisotopic (exact) mass is 321 g/mol. The van der Waals surface area contributed by atoms with Crippen molar-refractivity contribution in [2.24, 2.45) is 7.05 Å². The Kier molecular flexibility index (Phi) is 4.83. The van der Waals surface area contributed by atoms with Crippen LogP contribution in [0.15, 0.2) is 29.7 Å². The number of hydrogen-bond acceptors (Lipinski definition) is 5. The minimum absolute atomic E-state index is 0.177. The second-order valence-corrected chi connectivity index (χ2v) is 6.00. The van der Waals surface area contributed by atoms with Gasteiger partial charge in [0, 0.05) is 12.7 Å². The van der Waals surface area contributed by atoms with Crippen LogP contribution in [0.4, 0.5) is 5.69 Å². The molecule has 0 saturated carbocycles. The lowest BCUT2D eigenvalue weighted by Gasteiger charge is -2.11. The van der Waals surface area contributed by atoms with Crippen LogP contribution in [-0.4, -0.2) is 25.9 Å². The van der Waals surface area contributed by atoms with E-state index in [4.69, 9.17) is 16.9 Å². The van der Waals surface area contributed by atoms with Crippen LogP contribution in [0.1, 0.15) is 12.5 Å². The molecule has 0 spiro atoms. The van der Waals surface area contributed by atoms with E-state index < -0.39 is 0 Å². The molecule has 0 radical (unpaired) electrons. The van der Waals surface area contributed by atoms with Gasteiger partial charge in [0.1, 0.15) is 12.4 Å². The van der Waals surface area contributed by atoms with Crippen molar-refractivity contribution in [3.05, 3.63) is 35.1 Å². The van der Waals surface area contributed by atoms with Gasteiger partial charge in [-0.2, -0.15) is 5.26 Å². The number of carbonyl (C=O) groups is 1. The first-order valence-electron chi connectivity index (χ1n) is 6.02. The fourth-order valence-electron chi connectivity index (χ4n) is 1.52. The Labute approximate surface area is 131 Å². The van der Waals surface area contributed by atoms with Crippen LogP contribution in [-0.2, 0) is 11.8 Å². The molecule has 0 saturated heterocycles. The number of carbonyl (C=O) groups excluding carboxylic acids is 1. The molecule has 1 heterocycles. The van der Waals surface area contributed by atoms with Gasteiger partial charge in [-0.1, -0.05) is 23.4 Å². The van der Waals surface area contributed by atoms with Gasteiger partial charge in [0.15, 0.2) is 5.16 Å². The van der Waals surface area contributed by atoms with Crippen molar-refractivity contribution in [2.45, 2.75) is 17.3 Å². The summed E-state index contributed by atoms with van der Waals surface area (Å²) in [6.45, 7) is 1.78.